The number of halogens is 1. The molecule has 0 aliphatic heterocycles. The van der Waals surface area contributed by atoms with Crippen LogP contribution in [0.3, 0.4) is 0 Å². The van der Waals surface area contributed by atoms with Crippen LogP contribution in [-0.2, 0) is 6.42 Å². The maximum atomic E-state index is 5.84. The number of aromatic nitrogens is 2. The van der Waals surface area contributed by atoms with Crippen LogP contribution in [0.4, 0.5) is 0 Å². The van der Waals surface area contributed by atoms with E-state index in [2.05, 4.69) is 15.4 Å². The van der Waals surface area contributed by atoms with Gasteiger partial charge in [-0.2, -0.15) is 0 Å². The normalized spacial score (nSPS) is 12.4. The second-order valence-corrected chi connectivity index (χ2v) is 4.12. The smallest absolute Gasteiger partial charge is 0.0772 e. The Balaban J connectivity index is 2.13. The first-order valence-electron chi connectivity index (χ1n) is 5.26. The van der Waals surface area contributed by atoms with Crippen molar-refractivity contribution in [3.05, 3.63) is 59.1 Å². The van der Waals surface area contributed by atoms with E-state index in [0.717, 1.165) is 22.7 Å². The zero-order valence-corrected chi connectivity index (χ0v) is 9.93. The molecule has 0 amide bonds. The van der Waals surface area contributed by atoms with E-state index >= 15 is 0 Å². The molecule has 88 valence electrons. The molecule has 1 aromatic carbocycles. The van der Waals surface area contributed by atoms with Gasteiger partial charge in [0.2, 0.25) is 0 Å². The Hall–Kier alpha value is -1.49. The highest BCUT2D eigenvalue weighted by Crippen LogP contribution is 2.16. The van der Waals surface area contributed by atoms with Gasteiger partial charge < -0.3 is 0 Å². The second kappa shape index (κ2) is 5.72. The van der Waals surface area contributed by atoms with E-state index in [1.807, 2.05) is 24.3 Å². The number of rotatable bonds is 4. The van der Waals surface area contributed by atoms with E-state index in [0.29, 0.717) is 0 Å². The molecule has 2 aromatic rings. The minimum absolute atomic E-state index is 0.0510. The molecule has 4 nitrogen and oxygen atoms in total. The van der Waals surface area contributed by atoms with Crippen molar-refractivity contribution in [3.8, 4) is 0 Å². The first-order chi connectivity index (χ1) is 8.29. The summed E-state index contributed by atoms with van der Waals surface area (Å²) >= 11 is 5.84. The molecular formula is C12H13ClN4. The van der Waals surface area contributed by atoms with Gasteiger partial charge in [-0.3, -0.25) is 21.2 Å². The summed E-state index contributed by atoms with van der Waals surface area (Å²) in [4.78, 5) is 8.26. The highest BCUT2D eigenvalue weighted by atomic mass is 35.5. The van der Waals surface area contributed by atoms with Gasteiger partial charge in [0.05, 0.1) is 17.9 Å². The van der Waals surface area contributed by atoms with Crippen LogP contribution in [0.5, 0.6) is 0 Å². The number of hydrogen-bond donors (Lipinski definition) is 2. The van der Waals surface area contributed by atoms with Crippen molar-refractivity contribution in [3.63, 3.8) is 0 Å². The predicted molar refractivity (Wildman–Crippen MR) is 67.3 cm³/mol. The Morgan fingerprint density at radius 2 is 2.00 bits per heavy atom. The fourth-order valence-corrected chi connectivity index (χ4v) is 1.72. The van der Waals surface area contributed by atoms with Gasteiger partial charge in [-0.15, -0.1) is 0 Å². The molecule has 2 rings (SSSR count). The van der Waals surface area contributed by atoms with Crippen molar-refractivity contribution in [2.45, 2.75) is 12.5 Å². The number of nitrogens with zero attached hydrogens (tertiary/aromatic N) is 2. The zero-order chi connectivity index (χ0) is 12.1. The first-order valence-corrected chi connectivity index (χ1v) is 5.64. The van der Waals surface area contributed by atoms with Crippen molar-refractivity contribution in [2.75, 3.05) is 0 Å². The quantitative estimate of drug-likeness (QED) is 0.641. The summed E-state index contributed by atoms with van der Waals surface area (Å²) in [6.45, 7) is 0. The van der Waals surface area contributed by atoms with Gasteiger partial charge in [-0.1, -0.05) is 23.7 Å². The third kappa shape index (κ3) is 3.23. The topological polar surface area (TPSA) is 63.8 Å². The van der Waals surface area contributed by atoms with E-state index in [4.69, 9.17) is 17.4 Å². The molecule has 0 bridgehead atoms. The predicted octanol–water partition coefficient (Wildman–Crippen LogP) is 1.88. The van der Waals surface area contributed by atoms with E-state index in [1.54, 1.807) is 18.6 Å². The zero-order valence-electron chi connectivity index (χ0n) is 9.18. The Morgan fingerprint density at radius 1 is 1.24 bits per heavy atom. The molecule has 0 aliphatic carbocycles. The molecule has 0 aliphatic rings. The SMILES string of the molecule is NNC(Cc1ccc(Cl)cc1)c1cnccn1. The monoisotopic (exact) mass is 248 g/mol. The highest BCUT2D eigenvalue weighted by Gasteiger charge is 2.11. The minimum atomic E-state index is -0.0510. The van der Waals surface area contributed by atoms with Gasteiger partial charge in [-0.25, -0.2) is 0 Å². The lowest BCUT2D eigenvalue weighted by molar-refractivity contribution is 0.536. The first kappa shape index (κ1) is 12.0. The van der Waals surface area contributed by atoms with Crippen molar-refractivity contribution in [1.29, 1.82) is 0 Å². The third-order valence-electron chi connectivity index (χ3n) is 2.49. The summed E-state index contributed by atoms with van der Waals surface area (Å²) in [7, 11) is 0. The van der Waals surface area contributed by atoms with Crippen LogP contribution < -0.4 is 11.3 Å². The number of nitrogens with one attached hydrogen (secondary N) is 1. The third-order valence-corrected chi connectivity index (χ3v) is 2.75. The molecule has 0 saturated carbocycles. The van der Waals surface area contributed by atoms with Crippen LogP contribution in [0.25, 0.3) is 0 Å². The van der Waals surface area contributed by atoms with Gasteiger partial charge in [0.15, 0.2) is 0 Å². The molecule has 17 heavy (non-hydrogen) atoms. The second-order valence-electron chi connectivity index (χ2n) is 3.68. The maximum absolute atomic E-state index is 5.84. The summed E-state index contributed by atoms with van der Waals surface area (Å²) in [5.74, 6) is 5.54. The Morgan fingerprint density at radius 3 is 2.59 bits per heavy atom. The molecule has 5 heteroatoms. The molecule has 1 unspecified atom stereocenters. The van der Waals surface area contributed by atoms with Gasteiger partial charge in [-0.05, 0) is 24.1 Å². The highest BCUT2D eigenvalue weighted by molar-refractivity contribution is 6.30. The minimum Gasteiger partial charge on any atom is -0.271 e. The average molecular weight is 249 g/mol. The maximum Gasteiger partial charge on any atom is 0.0772 e. The number of nitrogens with two attached hydrogens (primary N) is 1. The van der Waals surface area contributed by atoms with Crippen molar-refractivity contribution in [2.24, 2.45) is 5.84 Å². The Kier molecular flexibility index (Phi) is 4.03. The number of hydrogen-bond acceptors (Lipinski definition) is 4. The van der Waals surface area contributed by atoms with Gasteiger partial charge >= 0.3 is 0 Å². The van der Waals surface area contributed by atoms with Crippen LogP contribution >= 0.6 is 11.6 Å². The number of hydrazine groups is 1. The molecule has 1 atom stereocenters. The molecule has 0 saturated heterocycles. The van der Waals surface area contributed by atoms with Crippen molar-refractivity contribution >= 4 is 11.6 Å². The van der Waals surface area contributed by atoms with Crippen LogP contribution in [0.15, 0.2) is 42.9 Å². The molecule has 1 heterocycles. The van der Waals surface area contributed by atoms with E-state index in [9.17, 15) is 0 Å². The summed E-state index contributed by atoms with van der Waals surface area (Å²) in [5, 5.41) is 0.727. The van der Waals surface area contributed by atoms with E-state index < -0.39 is 0 Å². The van der Waals surface area contributed by atoms with Crippen molar-refractivity contribution < 1.29 is 0 Å². The molecule has 3 N–H and O–H groups in total. The summed E-state index contributed by atoms with van der Waals surface area (Å²) in [6.07, 6.45) is 5.74. The lowest BCUT2D eigenvalue weighted by Gasteiger charge is -2.14. The molecule has 0 spiro atoms. The standard InChI is InChI=1S/C12H13ClN4/c13-10-3-1-9(2-4-10)7-11(17-14)12-8-15-5-6-16-12/h1-6,8,11,17H,7,14H2. The van der Waals surface area contributed by atoms with Crippen LogP contribution in [0, 0.1) is 0 Å². The summed E-state index contributed by atoms with van der Waals surface area (Å²) in [5.41, 5.74) is 4.71. The lowest BCUT2D eigenvalue weighted by atomic mass is 10.0. The molecular weight excluding hydrogens is 236 g/mol. The lowest BCUT2D eigenvalue weighted by Crippen LogP contribution is -2.30. The molecule has 0 fully saturated rings. The Bertz CT molecular complexity index is 458. The largest absolute Gasteiger partial charge is 0.271 e. The van der Waals surface area contributed by atoms with Crippen molar-refractivity contribution in [1.82, 2.24) is 15.4 Å². The van der Waals surface area contributed by atoms with E-state index in [1.165, 1.54) is 0 Å². The van der Waals surface area contributed by atoms with Gasteiger partial charge in [0.25, 0.3) is 0 Å². The molecule has 0 radical (unpaired) electrons. The van der Waals surface area contributed by atoms with Gasteiger partial charge in [0.1, 0.15) is 0 Å². The summed E-state index contributed by atoms with van der Waals surface area (Å²) in [6, 6.07) is 7.62. The number of benzene rings is 1. The molecule has 1 aromatic heterocycles. The average Bonchev–Trinajstić information content (AvgIpc) is 2.39. The van der Waals surface area contributed by atoms with Crippen LogP contribution in [-0.4, -0.2) is 9.97 Å². The van der Waals surface area contributed by atoms with Crippen LogP contribution in [0.2, 0.25) is 5.02 Å². The van der Waals surface area contributed by atoms with Gasteiger partial charge in [0, 0.05) is 17.4 Å². The Labute approximate surface area is 105 Å². The fourth-order valence-electron chi connectivity index (χ4n) is 1.60. The van der Waals surface area contributed by atoms with E-state index in [-0.39, 0.29) is 6.04 Å². The summed E-state index contributed by atoms with van der Waals surface area (Å²) < 4.78 is 0. The van der Waals surface area contributed by atoms with Crippen LogP contribution in [0.1, 0.15) is 17.3 Å². The fraction of sp³-hybridized carbons (Fsp3) is 0.167.